The molecule has 1 atom stereocenters. The Morgan fingerprint density at radius 3 is 2.48 bits per heavy atom. The zero-order valence-electron chi connectivity index (χ0n) is 19.1. The second-order valence-electron chi connectivity index (χ2n) is 9.57. The van der Waals surface area contributed by atoms with Crippen LogP contribution in [0.5, 0.6) is 11.5 Å². The summed E-state index contributed by atoms with van der Waals surface area (Å²) >= 11 is 0. The lowest BCUT2D eigenvalue weighted by Gasteiger charge is -2.32. The van der Waals surface area contributed by atoms with E-state index in [1.807, 2.05) is 12.1 Å². The first-order valence-electron chi connectivity index (χ1n) is 11.7. The lowest BCUT2D eigenvalue weighted by atomic mass is 9.85. The molecule has 1 unspecified atom stereocenters. The third kappa shape index (κ3) is 5.30. The van der Waals surface area contributed by atoms with E-state index in [9.17, 15) is 4.79 Å². The Balaban J connectivity index is 1.34. The number of carbonyl (C=O) groups is 1. The van der Waals surface area contributed by atoms with Crippen LogP contribution < -0.4 is 9.47 Å². The Kier molecular flexibility index (Phi) is 6.96. The van der Waals surface area contributed by atoms with Crippen LogP contribution >= 0.6 is 0 Å². The van der Waals surface area contributed by atoms with Gasteiger partial charge in [0.05, 0.1) is 13.7 Å². The van der Waals surface area contributed by atoms with Crippen LogP contribution in [0, 0.1) is 17.8 Å². The predicted octanol–water partition coefficient (Wildman–Crippen LogP) is 5.39. The van der Waals surface area contributed by atoms with Gasteiger partial charge in [0.1, 0.15) is 0 Å². The topological polar surface area (TPSA) is 38.8 Å². The van der Waals surface area contributed by atoms with Crippen LogP contribution in [-0.2, 0) is 13.0 Å². The Hall–Kier alpha value is -2.33. The van der Waals surface area contributed by atoms with Crippen molar-refractivity contribution in [2.75, 3.05) is 26.8 Å². The van der Waals surface area contributed by atoms with Crippen LogP contribution in [0.2, 0.25) is 0 Å². The van der Waals surface area contributed by atoms with Gasteiger partial charge in [-0.2, -0.15) is 0 Å². The van der Waals surface area contributed by atoms with Gasteiger partial charge in [0, 0.05) is 18.0 Å². The smallest absolute Gasteiger partial charge is 0.166 e. The lowest BCUT2D eigenvalue weighted by Crippen LogP contribution is -2.34. The standard InChI is InChI=1S/C27H35NO3/c1-19(2)18-31-26-16-24-22(15-25(26)30-3)14-23(27(24)29)13-20-9-11-28(12-10-20)17-21-7-5-4-6-8-21/h4-8,15-16,19-20,23H,9-14,17-18H2,1-3H3. The van der Waals surface area contributed by atoms with Gasteiger partial charge in [0.15, 0.2) is 17.3 Å². The van der Waals surface area contributed by atoms with E-state index in [1.54, 1.807) is 7.11 Å². The monoisotopic (exact) mass is 421 g/mol. The van der Waals surface area contributed by atoms with Crippen molar-refractivity contribution in [1.82, 2.24) is 4.90 Å². The van der Waals surface area contributed by atoms with Crippen molar-refractivity contribution in [1.29, 1.82) is 0 Å². The Labute approximate surface area is 186 Å². The molecule has 0 saturated carbocycles. The summed E-state index contributed by atoms with van der Waals surface area (Å²) in [6.07, 6.45) is 4.19. The van der Waals surface area contributed by atoms with E-state index in [4.69, 9.17) is 9.47 Å². The fraction of sp³-hybridized carbons (Fsp3) is 0.519. The minimum atomic E-state index is 0.103. The van der Waals surface area contributed by atoms with Crippen molar-refractivity contribution in [3.63, 3.8) is 0 Å². The van der Waals surface area contributed by atoms with Crippen molar-refractivity contribution < 1.29 is 14.3 Å². The first-order valence-corrected chi connectivity index (χ1v) is 11.7. The molecule has 0 radical (unpaired) electrons. The molecule has 0 aromatic heterocycles. The summed E-state index contributed by atoms with van der Waals surface area (Å²) in [5, 5.41) is 0. The summed E-state index contributed by atoms with van der Waals surface area (Å²) in [5.41, 5.74) is 3.34. The van der Waals surface area contributed by atoms with Crippen LogP contribution in [0.25, 0.3) is 0 Å². The highest BCUT2D eigenvalue weighted by Crippen LogP contribution is 2.40. The van der Waals surface area contributed by atoms with E-state index in [-0.39, 0.29) is 5.92 Å². The number of rotatable bonds is 8. The molecule has 0 N–H and O–H groups in total. The number of benzene rings is 2. The third-order valence-corrected chi connectivity index (χ3v) is 6.64. The molecule has 4 nitrogen and oxygen atoms in total. The number of likely N-dealkylation sites (tertiary alicyclic amines) is 1. The molecule has 4 rings (SSSR count). The van der Waals surface area contributed by atoms with Gasteiger partial charge in [-0.25, -0.2) is 0 Å². The van der Waals surface area contributed by atoms with Gasteiger partial charge in [0.2, 0.25) is 0 Å². The molecule has 2 aliphatic rings. The molecule has 1 fully saturated rings. The van der Waals surface area contributed by atoms with E-state index >= 15 is 0 Å². The zero-order valence-corrected chi connectivity index (χ0v) is 19.1. The van der Waals surface area contributed by atoms with Crippen LogP contribution in [0.1, 0.15) is 54.6 Å². The number of hydrogen-bond donors (Lipinski definition) is 0. The molecular weight excluding hydrogens is 386 g/mol. The molecule has 0 amide bonds. The number of ketones is 1. The normalized spacial score (nSPS) is 19.6. The highest BCUT2D eigenvalue weighted by molar-refractivity contribution is 6.02. The maximum Gasteiger partial charge on any atom is 0.166 e. The van der Waals surface area contributed by atoms with Crippen molar-refractivity contribution >= 4 is 5.78 Å². The van der Waals surface area contributed by atoms with E-state index in [2.05, 4.69) is 49.1 Å². The Bertz CT molecular complexity index is 885. The number of nitrogens with zero attached hydrogens (tertiary/aromatic N) is 1. The number of methoxy groups -OCH3 is 1. The Morgan fingerprint density at radius 1 is 1.06 bits per heavy atom. The molecule has 1 saturated heterocycles. The number of piperidine rings is 1. The molecule has 4 heteroatoms. The number of hydrogen-bond acceptors (Lipinski definition) is 4. The highest BCUT2D eigenvalue weighted by atomic mass is 16.5. The summed E-state index contributed by atoms with van der Waals surface area (Å²) in [7, 11) is 1.67. The minimum absolute atomic E-state index is 0.103. The number of ether oxygens (including phenoxy) is 2. The number of Topliss-reactive ketones (excluding diaryl/α,β-unsaturated/α-hetero) is 1. The van der Waals surface area contributed by atoms with Gasteiger partial charge >= 0.3 is 0 Å². The maximum absolute atomic E-state index is 13.2. The molecule has 31 heavy (non-hydrogen) atoms. The van der Waals surface area contributed by atoms with Gasteiger partial charge < -0.3 is 9.47 Å². The second kappa shape index (κ2) is 9.86. The molecule has 0 spiro atoms. The summed E-state index contributed by atoms with van der Waals surface area (Å²) in [6, 6.07) is 14.6. The van der Waals surface area contributed by atoms with Gasteiger partial charge in [-0.05, 0) is 73.9 Å². The Morgan fingerprint density at radius 2 is 1.81 bits per heavy atom. The molecule has 1 aliphatic carbocycles. The zero-order chi connectivity index (χ0) is 21.8. The summed E-state index contributed by atoms with van der Waals surface area (Å²) in [4.78, 5) is 15.7. The average molecular weight is 422 g/mol. The van der Waals surface area contributed by atoms with E-state index < -0.39 is 0 Å². The minimum Gasteiger partial charge on any atom is -0.493 e. The summed E-state index contributed by atoms with van der Waals surface area (Å²) in [6.45, 7) is 8.12. The molecular formula is C27H35NO3. The van der Waals surface area contributed by atoms with Crippen molar-refractivity contribution in [3.8, 4) is 11.5 Å². The van der Waals surface area contributed by atoms with Crippen molar-refractivity contribution in [2.24, 2.45) is 17.8 Å². The van der Waals surface area contributed by atoms with Crippen LogP contribution in [-0.4, -0.2) is 37.5 Å². The van der Waals surface area contributed by atoms with Gasteiger partial charge in [-0.15, -0.1) is 0 Å². The molecule has 1 aliphatic heterocycles. The van der Waals surface area contributed by atoms with Crippen LogP contribution in [0.4, 0.5) is 0 Å². The van der Waals surface area contributed by atoms with E-state index in [0.29, 0.717) is 30.0 Å². The maximum atomic E-state index is 13.2. The second-order valence-corrected chi connectivity index (χ2v) is 9.57. The van der Waals surface area contributed by atoms with Gasteiger partial charge in [0.25, 0.3) is 0 Å². The van der Waals surface area contributed by atoms with Crippen LogP contribution in [0.15, 0.2) is 42.5 Å². The predicted molar refractivity (Wildman–Crippen MR) is 124 cm³/mol. The average Bonchev–Trinajstić information content (AvgIpc) is 3.08. The summed E-state index contributed by atoms with van der Waals surface area (Å²) < 4.78 is 11.5. The fourth-order valence-electron chi connectivity index (χ4n) is 4.92. The number of carbonyl (C=O) groups excluding carboxylic acids is 1. The molecule has 2 aromatic carbocycles. The first-order chi connectivity index (χ1) is 15.0. The molecule has 1 heterocycles. The van der Waals surface area contributed by atoms with Crippen molar-refractivity contribution in [2.45, 2.75) is 46.1 Å². The van der Waals surface area contributed by atoms with Gasteiger partial charge in [-0.3, -0.25) is 9.69 Å². The van der Waals surface area contributed by atoms with Gasteiger partial charge in [-0.1, -0.05) is 44.2 Å². The first kappa shape index (κ1) is 21.9. The third-order valence-electron chi connectivity index (χ3n) is 6.64. The molecule has 2 aromatic rings. The SMILES string of the molecule is COc1cc2c(cc1OCC(C)C)C(=O)C(CC1CCN(Cc3ccccc3)CC1)C2. The fourth-order valence-corrected chi connectivity index (χ4v) is 4.92. The van der Waals surface area contributed by atoms with Crippen molar-refractivity contribution in [3.05, 3.63) is 59.2 Å². The lowest BCUT2D eigenvalue weighted by molar-refractivity contribution is 0.0895. The summed E-state index contributed by atoms with van der Waals surface area (Å²) in [5.74, 6) is 2.88. The highest BCUT2D eigenvalue weighted by Gasteiger charge is 2.34. The van der Waals surface area contributed by atoms with Crippen LogP contribution in [0.3, 0.4) is 0 Å². The van der Waals surface area contributed by atoms with E-state index in [0.717, 1.165) is 49.4 Å². The molecule has 166 valence electrons. The van der Waals surface area contributed by atoms with E-state index in [1.165, 1.54) is 18.4 Å². The largest absolute Gasteiger partial charge is 0.493 e. The number of fused-ring (bicyclic) bond motifs is 1. The molecule has 0 bridgehead atoms. The quantitative estimate of drug-likeness (QED) is 0.573.